The fourth-order valence-corrected chi connectivity index (χ4v) is 0.674. The van der Waals surface area contributed by atoms with E-state index >= 15 is 0 Å². The van der Waals surface area contributed by atoms with Gasteiger partial charge in [0.1, 0.15) is 0 Å². The summed E-state index contributed by atoms with van der Waals surface area (Å²) in [5, 5.41) is 8.73. The van der Waals surface area contributed by atoms with Crippen molar-refractivity contribution in [1.29, 1.82) is 0 Å². The second-order valence-electron chi connectivity index (χ2n) is 1.82. The van der Waals surface area contributed by atoms with Crippen molar-refractivity contribution in [1.82, 2.24) is 4.83 Å². The molecule has 0 spiro atoms. The minimum absolute atomic E-state index is 0.617. The maximum Gasteiger partial charge on any atom is 0.0649 e. The van der Waals surface area contributed by atoms with Crippen molar-refractivity contribution in [2.45, 2.75) is 0 Å². The van der Waals surface area contributed by atoms with Gasteiger partial charge in [-0.05, 0) is 11.9 Å². The van der Waals surface area contributed by atoms with Crippen LogP contribution in [-0.4, -0.2) is 13.2 Å². The Hall–Kier alpha value is -1.07. The van der Waals surface area contributed by atoms with Crippen molar-refractivity contribution in [2.24, 2.45) is 10.3 Å². The van der Waals surface area contributed by atoms with Gasteiger partial charge >= 0.3 is 0 Å². The fourth-order valence-electron chi connectivity index (χ4n) is 0.403. The Bertz CT molecular complexity index is 172. The van der Waals surface area contributed by atoms with Gasteiger partial charge in [0.15, 0.2) is 0 Å². The van der Waals surface area contributed by atoms with Crippen LogP contribution >= 0.6 is 11.9 Å². The van der Waals surface area contributed by atoms with Gasteiger partial charge in [0, 0.05) is 5.41 Å². The average Bonchev–Trinajstić information content (AvgIpc) is 2.22. The summed E-state index contributed by atoms with van der Waals surface area (Å²) in [4.78, 5) is 2.57. The van der Waals surface area contributed by atoms with E-state index < -0.39 is 0 Å². The molecule has 0 atom stereocenters. The Balaban J connectivity index is 0.000000223. The third-order valence-electron chi connectivity index (χ3n) is 0.818. The van der Waals surface area contributed by atoms with Crippen LogP contribution in [0.25, 0.3) is 0 Å². The van der Waals surface area contributed by atoms with Crippen molar-refractivity contribution in [3.05, 3.63) is 36.9 Å². The fraction of sp³-hybridized carbons (Fsp3) is 0.250. The molecule has 0 aromatic carbocycles. The van der Waals surface area contributed by atoms with E-state index in [4.69, 9.17) is 4.74 Å². The minimum Gasteiger partial charge on any atom is -0.373 e. The van der Waals surface area contributed by atoms with Gasteiger partial charge in [-0.15, -0.1) is 18.3 Å². The molecule has 72 valence electrons. The van der Waals surface area contributed by atoms with E-state index in [0.717, 1.165) is 0 Å². The molecule has 1 N–H and O–H groups in total. The number of hydrogen-bond donors (Lipinski definition) is 1. The summed E-state index contributed by atoms with van der Waals surface area (Å²) in [5.74, 6) is 0. The van der Waals surface area contributed by atoms with Crippen molar-refractivity contribution in [3.8, 4) is 0 Å². The maximum atomic E-state index is 4.90. The van der Waals surface area contributed by atoms with E-state index in [1.54, 1.807) is 18.4 Å². The van der Waals surface area contributed by atoms with Gasteiger partial charge in [0.2, 0.25) is 0 Å². The zero-order chi connectivity index (χ0) is 9.78. The van der Waals surface area contributed by atoms with Crippen LogP contribution in [0, 0.1) is 0 Å². The average molecular weight is 199 g/mol. The van der Waals surface area contributed by atoms with Crippen molar-refractivity contribution < 1.29 is 4.74 Å². The lowest BCUT2D eigenvalue weighted by Crippen LogP contribution is -1.87. The first kappa shape index (κ1) is 11.9. The molecular formula is C8H13N3OS. The van der Waals surface area contributed by atoms with Gasteiger partial charge in [-0.2, -0.15) is 0 Å². The summed E-state index contributed by atoms with van der Waals surface area (Å²) >= 11 is 1.40. The van der Waals surface area contributed by atoms with Crippen LogP contribution in [0.4, 0.5) is 0 Å². The van der Waals surface area contributed by atoms with Gasteiger partial charge in [0.25, 0.3) is 0 Å². The van der Waals surface area contributed by atoms with Crippen LogP contribution in [0.1, 0.15) is 0 Å². The molecule has 0 bridgehead atoms. The second-order valence-corrected chi connectivity index (χ2v) is 2.52. The molecular weight excluding hydrogens is 186 g/mol. The molecule has 0 amide bonds. The number of rotatable bonds is 4. The molecule has 1 heterocycles. The van der Waals surface area contributed by atoms with Crippen LogP contribution < -0.4 is 4.83 Å². The highest BCUT2D eigenvalue weighted by Gasteiger charge is 1.76. The van der Waals surface area contributed by atoms with E-state index in [0.29, 0.717) is 13.2 Å². The van der Waals surface area contributed by atoms with Gasteiger partial charge < -0.3 is 4.74 Å². The van der Waals surface area contributed by atoms with Crippen LogP contribution in [0.3, 0.4) is 0 Å². The highest BCUT2D eigenvalue weighted by Crippen LogP contribution is 1.99. The minimum atomic E-state index is 0.617. The number of hydrogen-bond acceptors (Lipinski definition) is 5. The van der Waals surface area contributed by atoms with Gasteiger partial charge in [-0.25, -0.2) is 4.83 Å². The molecule has 0 saturated heterocycles. The molecule has 4 nitrogen and oxygen atoms in total. The predicted octanol–water partition coefficient (Wildman–Crippen LogP) is 2.45. The van der Waals surface area contributed by atoms with Gasteiger partial charge in [-0.3, -0.25) is 0 Å². The summed E-state index contributed by atoms with van der Waals surface area (Å²) in [6.07, 6.45) is 5.05. The van der Waals surface area contributed by atoms with Crippen LogP contribution in [0.2, 0.25) is 0 Å². The maximum absolute atomic E-state index is 4.90. The molecule has 13 heavy (non-hydrogen) atoms. The highest BCUT2D eigenvalue weighted by atomic mass is 32.2. The first-order valence-corrected chi connectivity index (χ1v) is 4.54. The van der Waals surface area contributed by atoms with Crippen LogP contribution in [0.15, 0.2) is 47.3 Å². The quantitative estimate of drug-likeness (QED) is 0.430. The molecule has 0 radical (unpaired) electrons. The first-order valence-electron chi connectivity index (χ1n) is 3.67. The zero-order valence-electron chi connectivity index (χ0n) is 7.35. The lowest BCUT2D eigenvalue weighted by Gasteiger charge is -1.90. The molecule has 0 fully saturated rings. The van der Waals surface area contributed by atoms with Crippen LogP contribution in [-0.2, 0) is 4.74 Å². The lowest BCUT2D eigenvalue weighted by atomic mass is 10.6. The van der Waals surface area contributed by atoms with Crippen LogP contribution in [0.5, 0.6) is 0 Å². The Morgan fingerprint density at radius 2 is 2.08 bits per heavy atom. The third-order valence-corrected chi connectivity index (χ3v) is 1.26. The number of ether oxygens (including phenoxy) is 1. The molecule has 1 aliphatic heterocycles. The Morgan fingerprint density at radius 3 is 2.31 bits per heavy atom. The third kappa shape index (κ3) is 10.9. The van der Waals surface area contributed by atoms with Crippen molar-refractivity contribution >= 4 is 11.9 Å². The Morgan fingerprint density at radius 1 is 1.38 bits per heavy atom. The van der Waals surface area contributed by atoms with E-state index in [2.05, 4.69) is 28.3 Å². The first-order chi connectivity index (χ1) is 6.41. The molecule has 0 saturated carbocycles. The summed E-state index contributed by atoms with van der Waals surface area (Å²) in [6, 6.07) is 0. The molecule has 0 aromatic rings. The number of nitrogens with zero attached hydrogens (tertiary/aromatic N) is 2. The molecule has 0 aromatic heterocycles. The zero-order valence-corrected chi connectivity index (χ0v) is 8.17. The molecule has 5 heteroatoms. The van der Waals surface area contributed by atoms with E-state index in [9.17, 15) is 0 Å². The lowest BCUT2D eigenvalue weighted by molar-refractivity contribution is 0.194. The summed E-state index contributed by atoms with van der Waals surface area (Å²) in [7, 11) is 0. The SMILES string of the molecule is C1=CSNN=N1.C=CCOCC=C. The van der Waals surface area contributed by atoms with E-state index in [1.807, 2.05) is 5.41 Å². The summed E-state index contributed by atoms with van der Waals surface area (Å²) in [6.45, 7) is 8.18. The standard InChI is InChI=1S/C6H10O.C2H3N3S/c1-3-5-7-6-4-2;1-2-6-5-4-3-1/h3-4H,1-2,5-6H2;1-2H,(H,3,5). The predicted molar refractivity (Wildman–Crippen MR) is 55.9 cm³/mol. The normalized spacial score (nSPS) is 12.3. The van der Waals surface area contributed by atoms with Gasteiger partial charge in [-0.1, -0.05) is 17.4 Å². The second kappa shape index (κ2) is 10.9. The Labute approximate surface area is 82.6 Å². The number of nitrogens with one attached hydrogen (secondary N) is 1. The van der Waals surface area contributed by atoms with Crippen molar-refractivity contribution in [2.75, 3.05) is 13.2 Å². The highest BCUT2D eigenvalue weighted by molar-refractivity contribution is 8.00. The van der Waals surface area contributed by atoms with E-state index in [-0.39, 0.29) is 0 Å². The topological polar surface area (TPSA) is 46.0 Å². The monoisotopic (exact) mass is 199 g/mol. The molecule has 1 aliphatic rings. The van der Waals surface area contributed by atoms with Gasteiger partial charge in [0.05, 0.1) is 19.4 Å². The molecule has 0 aliphatic carbocycles. The Kier molecular flexibility index (Phi) is 10.0. The summed E-state index contributed by atoms with van der Waals surface area (Å²) in [5.41, 5.74) is 0. The molecule has 1 rings (SSSR count). The van der Waals surface area contributed by atoms with Crippen molar-refractivity contribution in [3.63, 3.8) is 0 Å². The van der Waals surface area contributed by atoms with E-state index in [1.165, 1.54) is 11.9 Å². The summed E-state index contributed by atoms with van der Waals surface area (Å²) < 4.78 is 4.90. The largest absolute Gasteiger partial charge is 0.373 e. The smallest absolute Gasteiger partial charge is 0.0649 e. The molecule has 0 unspecified atom stereocenters.